The normalized spacial score (nSPS) is 8.69. The summed E-state index contributed by atoms with van der Waals surface area (Å²) in [5, 5.41) is 18.7. The third-order valence-electron chi connectivity index (χ3n) is 1.30. The van der Waals surface area contributed by atoms with E-state index in [0.29, 0.717) is 0 Å². The van der Waals surface area contributed by atoms with Gasteiger partial charge in [0.1, 0.15) is 6.54 Å². The van der Waals surface area contributed by atoms with Gasteiger partial charge in [0.15, 0.2) is 0 Å². The van der Waals surface area contributed by atoms with E-state index < -0.39 is 11.8 Å². The molecule has 0 aromatic carbocycles. The van der Waals surface area contributed by atoms with Gasteiger partial charge in [0.25, 0.3) is 0 Å². The number of aliphatic hydroxyl groups is 1. The van der Waals surface area contributed by atoms with Crippen molar-refractivity contribution in [2.45, 2.75) is 0 Å². The molecule has 0 aliphatic carbocycles. The molecule has 0 fully saturated rings. The van der Waals surface area contributed by atoms with Crippen LogP contribution in [0, 0.1) is 11.3 Å². The molecule has 0 aliphatic rings. The molecule has 13 heavy (non-hydrogen) atoms. The first-order chi connectivity index (χ1) is 6.13. The van der Waals surface area contributed by atoms with Crippen LogP contribution in [-0.4, -0.2) is 48.6 Å². The van der Waals surface area contributed by atoms with E-state index in [1.807, 2.05) is 0 Å². The molecule has 0 aliphatic heterocycles. The van der Waals surface area contributed by atoms with E-state index in [-0.39, 0.29) is 19.7 Å². The van der Waals surface area contributed by atoms with Gasteiger partial charge >= 0.3 is 11.8 Å². The third-order valence-corrected chi connectivity index (χ3v) is 1.30. The zero-order chi connectivity index (χ0) is 10.3. The van der Waals surface area contributed by atoms with Gasteiger partial charge in [-0.05, 0) is 0 Å². The van der Waals surface area contributed by atoms with Gasteiger partial charge in [-0.3, -0.25) is 9.59 Å². The Labute approximate surface area is 75.7 Å². The van der Waals surface area contributed by atoms with Gasteiger partial charge in [0, 0.05) is 13.6 Å². The van der Waals surface area contributed by atoms with Crippen molar-refractivity contribution in [2.75, 3.05) is 26.7 Å². The van der Waals surface area contributed by atoms with Crippen LogP contribution in [0.15, 0.2) is 0 Å². The Kier molecular flexibility index (Phi) is 5.23. The lowest BCUT2D eigenvalue weighted by Gasteiger charge is -2.13. The summed E-state index contributed by atoms with van der Waals surface area (Å²) < 4.78 is 0. The third kappa shape index (κ3) is 4.08. The molecule has 6 heteroatoms. The lowest BCUT2D eigenvalue weighted by Crippen LogP contribution is -2.42. The van der Waals surface area contributed by atoms with Crippen LogP contribution in [-0.2, 0) is 9.59 Å². The van der Waals surface area contributed by atoms with Crippen LogP contribution in [0.5, 0.6) is 0 Å². The van der Waals surface area contributed by atoms with Crippen LogP contribution in [0.2, 0.25) is 0 Å². The number of amides is 2. The van der Waals surface area contributed by atoms with Crippen molar-refractivity contribution in [2.24, 2.45) is 0 Å². The van der Waals surface area contributed by atoms with Crippen molar-refractivity contribution in [3.8, 4) is 6.07 Å². The van der Waals surface area contributed by atoms with Gasteiger partial charge in [0.05, 0.1) is 12.7 Å². The quantitative estimate of drug-likeness (QED) is 0.396. The number of rotatable bonds is 3. The molecule has 0 atom stereocenters. The molecule has 0 unspecified atom stereocenters. The van der Waals surface area contributed by atoms with Crippen LogP contribution >= 0.6 is 0 Å². The maximum Gasteiger partial charge on any atom is 0.311 e. The summed E-state index contributed by atoms with van der Waals surface area (Å²) in [7, 11) is 1.39. The van der Waals surface area contributed by atoms with Crippen LogP contribution in [0.4, 0.5) is 0 Å². The number of carbonyl (C=O) groups is 2. The molecule has 0 aromatic heterocycles. The molecule has 0 spiro atoms. The molecule has 72 valence electrons. The SMILES string of the molecule is CN(CCO)C(=O)C(=O)NCC#N. The monoisotopic (exact) mass is 185 g/mol. The van der Waals surface area contributed by atoms with Crippen molar-refractivity contribution >= 4 is 11.8 Å². The maximum atomic E-state index is 11.0. The molecule has 2 amide bonds. The molecule has 2 N–H and O–H groups in total. The van der Waals surface area contributed by atoms with Gasteiger partial charge in [0.2, 0.25) is 0 Å². The first-order valence-corrected chi connectivity index (χ1v) is 3.64. The van der Waals surface area contributed by atoms with Crippen molar-refractivity contribution in [1.82, 2.24) is 10.2 Å². The van der Waals surface area contributed by atoms with E-state index in [0.717, 1.165) is 4.90 Å². The fraction of sp³-hybridized carbons (Fsp3) is 0.571. The Morgan fingerprint density at radius 3 is 2.69 bits per heavy atom. The average molecular weight is 185 g/mol. The highest BCUT2D eigenvalue weighted by Gasteiger charge is 2.16. The first-order valence-electron chi connectivity index (χ1n) is 3.64. The highest BCUT2D eigenvalue weighted by Crippen LogP contribution is 1.83. The molecule has 0 heterocycles. The van der Waals surface area contributed by atoms with E-state index >= 15 is 0 Å². The zero-order valence-electron chi connectivity index (χ0n) is 7.28. The number of carbonyl (C=O) groups excluding carboxylic acids is 2. The lowest BCUT2D eigenvalue weighted by atomic mass is 10.4. The second-order valence-corrected chi connectivity index (χ2v) is 2.29. The fourth-order valence-electron chi connectivity index (χ4n) is 0.620. The zero-order valence-corrected chi connectivity index (χ0v) is 7.28. The number of nitriles is 1. The Morgan fingerprint density at radius 2 is 2.23 bits per heavy atom. The number of nitrogens with zero attached hydrogens (tertiary/aromatic N) is 2. The van der Waals surface area contributed by atoms with Crippen LogP contribution in [0.1, 0.15) is 0 Å². The summed E-state index contributed by atoms with van der Waals surface area (Å²) in [6.07, 6.45) is 0. The van der Waals surface area contributed by atoms with E-state index in [1.54, 1.807) is 6.07 Å². The second-order valence-electron chi connectivity index (χ2n) is 2.29. The van der Waals surface area contributed by atoms with Crippen LogP contribution in [0.3, 0.4) is 0 Å². The molecule has 0 aromatic rings. The lowest BCUT2D eigenvalue weighted by molar-refractivity contribution is -0.145. The van der Waals surface area contributed by atoms with Crippen molar-refractivity contribution in [3.05, 3.63) is 0 Å². The van der Waals surface area contributed by atoms with Crippen molar-refractivity contribution < 1.29 is 14.7 Å². The molecule has 0 saturated heterocycles. The van der Waals surface area contributed by atoms with E-state index in [2.05, 4.69) is 5.32 Å². The summed E-state index contributed by atoms with van der Waals surface area (Å²) in [5.41, 5.74) is 0. The summed E-state index contributed by atoms with van der Waals surface area (Å²) in [5.74, 6) is -1.60. The van der Waals surface area contributed by atoms with Gasteiger partial charge in [-0.15, -0.1) is 0 Å². The average Bonchev–Trinajstić information content (AvgIpc) is 2.13. The van der Waals surface area contributed by atoms with E-state index in [1.165, 1.54) is 7.05 Å². The van der Waals surface area contributed by atoms with E-state index in [9.17, 15) is 9.59 Å². The largest absolute Gasteiger partial charge is 0.395 e. The maximum absolute atomic E-state index is 11.0. The number of nitrogens with one attached hydrogen (secondary N) is 1. The minimum atomic E-state index is -0.836. The van der Waals surface area contributed by atoms with Crippen molar-refractivity contribution in [1.29, 1.82) is 5.26 Å². The highest BCUT2D eigenvalue weighted by molar-refractivity contribution is 6.34. The smallest absolute Gasteiger partial charge is 0.311 e. The predicted molar refractivity (Wildman–Crippen MR) is 43.3 cm³/mol. The van der Waals surface area contributed by atoms with Gasteiger partial charge in [-0.2, -0.15) is 5.26 Å². The minimum Gasteiger partial charge on any atom is -0.395 e. The summed E-state index contributed by atoms with van der Waals surface area (Å²) in [6, 6.07) is 1.67. The van der Waals surface area contributed by atoms with Crippen molar-refractivity contribution in [3.63, 3.8) is 0 Å². The topological polar surface area (TPSA) is 93.4 Å². The first kappa shape index (κ1) is 11.4. The van der Waals surface area contributed by atoms with E-state index in [4.69, 9.17) is 10.4 Å². The molecule has 6 nitrogen and oxygen atoms in total. The second kappa shape index (κ2) is 5.97. The van der Waals surface area contributed by atoms with Gasteiger partial charge in [-0.1, -0.05) is 0 Å². The minimum absolute atomic E-state index is 0.0960. The Hall–Kier alpha value is -1.61. The molecule has 0 radical (unpaired) electrons. The number of likely N-dealkylation sites (N-methyl/N-ethyl adjacent to an activating group) is 1. The number of hydrogen-bond donors (Lipinski definition) is 2. The summed E-state index contributed by atoms with van der Waals surface area (Å²) >= 11 is 0. The fourth-order valence-corrected chi connectivity index (χ4v) is 0.620. The Bertz CT molecular complexity index is 234. The summed E-state index contributed by atoms with van der Waals surface area (Å²) in [4.78, 5) is 23.0. The van der Waals surface area contributed by atoms with Gasteiger partial charge < -0.3 is 15.3 Å². The number of hydrogen-bond acceptors (Lipinski definition) is 4. The van der Waals surface area contributed by atoms with Gasteiger partial charge in [-0.25, -0.2) is 0 Å². The van der Waals surface area contributed by atoms with Crippen LogP contribution in [0.25, 0.3) is 0 Å². The Balaban J connectivity index is 3.96. The molecule has 0 saturated carbocycles. The molecular weight excluding hydrogens is 174 g/mol. The Morgan fingerprint density at radius 1 is 1.62 bits per heavy atom. The molecular formula is C7H11N3O3. The predicted octanol–water partition coefficient (Wildman–Crippen LogP) is -1.92. The standard InChI is InChI=1S/C7H11N3O3/c1-10(4-5-11)7(13)6(12)9-3-2-8/h11H,3-5H2,1H3,(H,9,12). The molecule has 0 rings (SSSR count). The van der Waals surface area contributed by atoms with Crippen LogP contribution < -0.4 is 5.32 Å². The highest BCUT2D eigenvalue weighted by atomic mass is 16.3. The summed E-state index contributed by atoms with van der Waals surface area (Å²) in [6.45, 7) is -0.301. The molecule has 0 bridgehead atoms. The number of aliphatic hydroxyl groups excluding tert-OH is 1.